The smallest absolute Gasteiger partial charge is 0.414 e. The summed E-state index contributed by atoms with van der Waals surface area (Å²) in [6.07, 6.45) is 10.4. The number of hydrogen-bond acceptors (Lipinski definition) is 5. The van der Waals surface area contributed by atoms with Crippen molar-refractivity contribution < 1.29 is 29.7 Å². The number of hydrogen-bond donors (Lipinski definition) is 4. The van der Waals surface area contributed by atoms with E-state index >= 15 is 0 Å². The Labute approximate surface area is 195 Å². The minimum atomic E-state index is -1.82. The highest BCUT2D eigenvalue weighted by Crippen LogP contribution is 2.39. The number of carbonyl (C=O) groups is 3. The molecule has 1 amide bonds. The molecule has 0 saturated carbocycles. The molecule has 2 rings (SSSR count). The molecule has 0 unspecified atom stereocenters. The minimum absolute atomic E-state index is 0.182. The van der Waals surface area contributed by atoms with Gasteiger partial charge in [0.15, 0.2) is 0 Å². The highest BCUT2D eigenvalue weighted by Gasteiger charge is 2.28. The van der Waals surface area contributed by atoms with Crippen molar-refractivity contribution in [2.24, 2.45) is 0 Å². The number of carboxylic acid groups (broad SMARTS) is 2. The third-order valence-electron chi connectivity index (χ3n) is 5.34. The average molecular weight is 461 g/mol. The van der Waals surface area contributed by atoms with Gasteiger partial charge in [0.1, 0.15) is 5.75 Å². The van der Waals surface area contributed by atoms with E-state index in [4.69, 9.17) is 19.8 Å². The molecule has 0 aliphatic carbocycles. The van der Waals surface area contributed by atoms with Crippen molar-refractivity contribution in [3.05, 3.63) is 48.1 Å². The molecule has 0 aromatic heterocycles. The summed E-state index contributed by atoms with van der Waals surface area (Å²) in [7, 11) is 0. The summed E-state index contributed by atoms with van der Waals surface area (Å²) < 4.78 is 0. The van der Waals surface area contributed by atoms with Crippen LogP contribution < -0.4 is 10.2 Å². The maximum atomic E-state index is 12.6. The van der Waals surface area contributed by atoms with Gasteiger partial charge in [0, 0.05) is 24.2 Å². The summed E-state index contributed by atoms with van der Waals surface area (Å²) in [5, 5.41) is 28.9. The number of nitrogens with one attached hydrogen (secondary N) is 1. The van der Waals surface area contributed by atoms with Gasteiger partial charge in [-0.3, -0.25) is 4.79 Å². The van der Waals surface area contributed by atoms with Gasteiger partial charge in [-0.25, -0.2) is 9.59 Å². The van der Waals surface area contributed by atoms with Gasteiger partial charge < -0.3 is 25.5 Å². The number of phenolic OH excluding ortho intramolecular Hbond substituents is 1. The lowest BCUT2D eigenvalue weighted by Crippen LogP contribution is -2.36. The van der Waals surface area contributed by atoms with E-state index in [2.05, 4.69) is 25.4 Å². The molecule has 182 valence electrons. The van der Waals surface area contributed by atoms with E-state index in [1.54, 1.807) is 6.08 Å². The summed E-state index contributed by atoms with van der Waals surface area (Å²) in [6, 6.07) is 1.98. The molecule has 0 atom stereocenters. The van der Waals surface area contributed by atoms with E-state index in [1.807, 2.05) is 17.0 Å². The van der Waals surface area contributed by atoms with Gasteiger partial charge in [0.05, 0.1) is 0 Å². The quantitative estimate of drug-likeness (QED) is 0.214. The molecule has 8 nitrogen and oxygen atoms in total. The normalized spacial score (nSPS) is 12.4. The number of carbonyl (C=O) groups excluding carboxylic acids is 1. The van der Waals surface area contributed by atoms with Gasteiger partial charge in [-0.1, -0.05) is 25.5 Å². The fraction of sp³-hybridized carbons (Fsp3) is 0.480. The lowest BCUT2D eigenvalue weighted by Gasteiger charge is -2.32. The van der Waals surface area contributed by atoms with Crippen LogP contribution in [0.5, 0.6) is 5.75 Å². The minimum Gasteiger partial charge on any atom is -0.507 e. The van der Waals surface area contributed by atoms with Crippen LogP contribution in [0, 0.1) is 0 Å². The van der Waals surface area contributed by atoms with Crippen LogP contribution in [-0.2, 0) is 33.6 Å². The lowest BCUT2D eigenvalue weighted by atomic mass is 9.90. The molecule has 1 aromatic carbocycles. The van der Waals surface area contributed by atoms with Crippen LogP contribution in [0.3, 0.4) is 0 Å². The van der Waals surface area contributed by atoms with Gasteiger partial charge in [0.2, 0.25) is 5.91 Å². The van der Waals surface area contributed by atoms with E-state index in [9.17, 15) is 9.90 Å². The molecule has 1 aromatic rings. The van der Waals surface area contributed by atoms with Crippen molar-refractivity contribution in [3.8, 4) is 5.75 Å². The number of amides is 1. The maximum Gasteiger partial charge on any atom is 0.414 e. The number of phenols is 1. The van der Waals surface area contributed by atoms with Gasteiger partial charge >= 0.3 is 11.9 Å². The van der Waals surface area contributed by atoms with E-state index in [1.165, 1.54) is 12.8 Å². The van der Waals surface area contributed by atoms with Crippen LogP contribution in [0.2, 0.25) is 0 Å². The molecular weight excluding hydrogens is 424 g/mol. The van der Waals surface area contributed by atoms with Crippen LogP contribution in [0.1, 0.15) is 55.7 Å². The molecule has 1 aliphatic heterocycles. The number of unbranched alkanes of at least 4 members (excludes halogenated alkanes) is 2. The van der Waals surface area contributed by atoms with Gasteiger partial charge in [0.25, 0.3) is 0 Å². The number of rotatable bonds is 12. The highest BCUT2D eigenvalue weighted by molar-refractivity contribution is 6.27. The summed E-state index contributed by atoms with van der Waals surface area (Å²) in [5.41, 5.74) is 3.82. The molecule has 1 aliphatic rings. The molecule has 0 saturated heterocycles. The number of carboxylic acids is 2. The van der Waals surface area contributed by atoms with Crippen LogP contribution in [0.25, 0.3) is 0 Å². The maximum absolute atomic E-state index is 12.6. The Bertz CT molecular complexity index is 838. The second-order valence-corrected chi connectivity index (χ2v) is 7.81. The fourth-order valence-corrected chi connectivity index (χ4v) is 3.70. The zero-order valence-corrected chi connectivity index (χ0v) is 19.4. The zero-order valence-electron chi connectivity index (χ0n) is 19.4. The third-order valence-corrected chi connectivity index (χ3v) is 5.34. The Kier molecular flexibility index (Phi) is 12.5. The standard InChI is InChI=1S/C23H34N2O2.C2H2O4/c1-4-7-14-24-15-8-9-16-25-21-17-18(10-5-2)23(27)20(11-6-3)19(21)12-13-22(25)26;3-1(4)2(5)6/h5-6,17,24,27H,2-4,7-16H2,1H3;(H,3,4)(H,5,6). The van der Waals surface area contributed by atoms with Crippen LogP contribution in [0.15, 0.2) is 31.4 Å². The van der Waals surface area contributed by atoms with E-state index in [0.717, 1.165) is 54.9 Å². The molecule has 0 spiro atoms. The largest absolute Gasteiger partial charge is 0.507 e. The Morgan fingerprint density at radius 3 is 2.27 bits per heavy atom. The van der Waals surface area contributed by atoms with Crippen molar-refractivity contribution in [3.63, 3.8) is 0 Å². The number of fused-ring (bicyclic) bond motifs is 1. The molecule has 8 heteroatoms. The SMILES string of the molecule is C=CCc1cc2c(c(CC=C)c1O)CCC(=O)N2CCCCNCCCC.O=C(O)C(=O)O. The second-order valence-electron chi connectivity index (χ2n) is 7.81. The lowest BCUT2D eigenvalue weighted by molar-refractivity contribution is -0.159. The van der Waals surface area contributed by atoms with Crippen molar-refractivity contribution in [1.82, 2.24) is 5.32 Å². The Morgan fingerprint density at radius 2 is 1.70 bits per heavy atom. The predicted molar refractivity (Wildman–Crippen MR) is 129 cm³/mol. The molecular formula is C25H36N2O6. The van der Waals surface area contributed by atoms with E-state index < -0.39 is 11.9 Å². The van der Waals surface area contributed by atoms with Crippen molar-refractivity contribution >= 4 is 23.5 Å². The summed E-state index contributed by atoms with van der Waals surface area (Å²) in [6.45, 7) is 12.6. The molecule has 0 radical (unpaired) electrons. The Morgan fingerprint density at radius 1 is 1.06 bits per heavy atom. The Hall–Kier alpha value is -3.13. The number of benzene rings is 1. The molecule has 4 N–H and O–H groups in total. The van der Waals surface area contributed by atoms with Gasteiger partial charge in [-0.2, -0.15) is 0 Å². The second kappa shape index (κ2) is 14.8. The van der Waals surface area contributed by atoms with Gasteiger partial charge in [-0.15, -0.1) is 13.2 Å². The summed E-state index contributed by atoms with van der Waals surface area (Å²) in [5.74, 6) is -3.13. The highest BCUT2D eigenvalue weighted by atomic mass is 16.4. The number of nitrogens with zero attached hydrogens (tertiary/aromatic N) is 1. The number of allylic oxidation sites excluding steroid dienone is 2. The van der Waals surface area contributed by atoms with E-state index in [0.29, 0.717) is 31.4 Å². The molecule has 0 bridgehead atoms. The first-order valence-electron chi connectivity index (χ1n) is 11.3. The number of aromatic hydroxyl groups is 1. The number of anilines is 1. The van der Waals surface area contributed by atoms with Crippen molar-refractivity contribution in [2.45, 2.75) is 58.3 Å². The van der Waals surface area contributed by atoms with Gasteiger partial charge in [-0.05, 0) is 68.8 Å². The van der Waals surface area contributed by atoms with E-state index in [-0.39, 0.29) is 5.91 Å². The van der Waals surface area contributed by atoms with Crippen molar-refractivity contribution in [1.29, 1.82) is 0 Å². The summed E-state index contributed by atoms with van der Waals surface area (Å²) in [4.78, 5) is 32.7. The average Bonchev–Trinajstić information content (AvgIpc) is 2.78. The Balaban J connectivity index is 0.000000801. The molecule has 33 heavy (non-hydrogen) atoms. The summed E-state index contributed by atoms with van der Waals surface area (Å²) >= 11 is 0. The predicted octanol–water partition coefficient (Wildman–Crippen LogP) is 3.45. The van der Waals surface area contributed by atoms with Crippen LogP contribution in [0.4, 0.5) is 5.69 Å². The first kappa shape index (κ1) is 27.9. The first-order valence-corrected chi connectivity index (χ1v) is 11.3. The van der Waals surface area contributed by atoms with Crippen LogP contribution in [-0.4, -0.2) is 52.8 Å². The molecule has 1 heterocycles. The third kappa shape index (κ3) is 8.73. The van der Waals surface area contributed by atoms with Crippen molar-refractivity contribution in [2.75, 3.05) is 24.5 Å². The van der Waals surface area contributed by atoms with Crippen LogP contribution >= 0.6 is 0 Å². The fourth-order valence-electron chi connectivity index (χ4n) is 3.70. The zero-order chi connectivity index (χ0) is 24.8. The molecule has 0 fully saturated rings. The number of aliphatic carboxylic acids is 2. The first-order chi connectivity index (χ1) is 15.8. The monoisotopic (exact) mass is 460 g/mol. The topological polar surface area (TPSA) is 127 Å².